The number of aromatic hydroxyl groups is 1. The number of hydrogen-bond acceptors (Lipinski definition) is 5. The molecule has 1 unspecified atom stereocenters. The van der Waals surface area contributed by atoms with Crippen molar-refractivity contribution in [1.29, 1.82) is 0 Å². The number of anilines is 1. The lowest BCUT2D eigenvalue weighted by Crippen LogP contribution is -2.24. The second kappa shape index (κ2) is 7.33. The number of aliphatic imine (C=N–C) groups is 1. The molecule has 0 saturated heterocycles. The van der Waals surface area contributed by atoms with Gasteiger partial charge in [0.25, 0.3) is 0 Å². The number of hydrogen-bond donors (Lipinski definition) is 2. The number of furan rings is 1. The van der Waals surface area contributed by atoms with Crippen LogP contribution in [-0.4, -0.2) is 36.1 Å². The van der Waals surface area contributed by atoms with Crippen molar-refractivity contribution in [2.75, 3.05) is 24.5 Å². The largest absolute Gasteiger partial charge is 0.507 e. The van der Waals surface area contributed by atoms with E-state index in [0.29, 0.717) is 11.3 Å². The van der Waals surface area contributed by atoms with Gasteiger partial charge in [-0.3, -0.25) is 4.99 Å². The molecule has 0 aliphatic rings. The fraction of sp³-hybridized carbons (Fsp3) is 0.389. The van der Waals surface area contributed by atoms with Crippen molar-refractivity contribution in [1.82, 2.24) is 0 Å². The normalized spacial score (nSPS) is 14.1. The van der Waals surface area contributed by atoms with Crippen LogP contribution in [0.15, 0.2) is 46.0 Å². The van der Waals surface area contributed by atoms with Crippen LogP contribution in [0.4, 0.5) is 5.69 Å². The predicted molar refractivity (Wildman–Crippen MR) is 92.4 cm³/mol. The van der Waals surface area contributed by atoms with E-state index in [-0.39, 0.29) is 12.3 Å². The van der Waals surface area contributed by atoms with Gasteiger partial charge in [0.1, 0.15) is 17.1 Å². The van der Waals surface area contributed by atoms with Gasteiger partial charge in [-0.25, -0.2) is 0 Å². The second-order valence-corrected chi connectivity index (χ2v) is 5.64. The van der Waals surface area contributed by atoms with E-state index in [1.807, 2.05) is 12.1 Å². The van der Waals surface area contributed by atoms with Gasteiger partial charge in [-0.1, -0.05) is 0 Å². The average Bonchev–Trinajstić information content (AvgIpc) is 3.06. The first-order valence-corrected chi connectivity index (χ1v) is 7.82. The maximum Gasteiger partial charge on any atom is 0.139 e. The van der Waals surface area contributed by atoms with Gasteiger partial charge < -0.3 is 19.5 Å². The van der Waals surface area contributed by atoms with Gasteiger partial charge in [0.2, 0.25) is 0 Å². The topological polar surface area (TPSA) is 69.2 Å². The minimum absolute atomic E-state index is 0.151. The zero-order chi connectivity index (χ0) is 16.9. The average molecular weight is 316 g/mol. The minimum atomic E-state index is -1.17. The Morgan fingerprint density at radius 3 is 2.57 bits per heavy atom. The highest BCUT2D eigenvalue weighted by molar-refractivity contribution is 5.84. The van der Waals surface area contributed by atoms with Crippen LogP contribution >= 0.6 is 0 Å². The molecule has 5 nitrogen and oxygen atoms in total. The Kier molecular flexibility index (Phi) is 5.45. The molecule has 2 N–H and O–H groups in total. The van der Waals surface area contributed by atoms with E-state index in [0.717, 1.165) is 18.8 Å². The van der Waals surface area contributed by atoms with Crippen LogP contribution in [0.25, 0.3) is 0 Å². The SMILES string of the molecule is CCN(CC)c1ccc(C=NCC(C)(O)c2ccco2)c(O)c1. The third-order valence-corrected chi connectivity index (χ3v) is 3.82. The zero-order valence-electron chi connectivity index (χ0n) is 13.9. The number of benzene rings is 1. The number of rotatable bonds is 7. The summed E-state index contributed by atoms with van der Waals surface area (Å²) in [6.45, 7) is 7.72. The summed E-state index contributed by atoms with van der Waals surface area (Å²) in [4.78, 5) is 6.39. The van der Waals surface area contributed by atoms with Gasteiger partial charge in [0.05, 0.1) is 12.8 Å². The first-order chi connectivity index (χ1) is 11.0. The molecule has 1 heterocycles. The van der Waals surface area contributed by atoms with Gasteiger partial charge >= 0.3 is 0 Å². The van der Waals surface area contributed by atoms with Gasteiger partial charge in [-0.15, -0.1) is 0 Å². The fourth-order valence-electron chi connectivity index (χ4n) is 2.41. The summed E-state index contributed by atoms with van der Waals surface area (Å²) in [5.74, 6) is 0.645. The van der Waals surface area contributed by atoms with Crippen LogP contribution in [0.1, 0.15) is 32.1 Å². The van der Waals surface area contributed by atoms with Gasteiger partial charge in [-0.2, -0.15) is 0 Å². The number of nitrogens with zero attached hydrogens (tertiary/aromatic N) is 2. The standard InChI is InChI=1S/C18H24N2O3/c1-4-20(5-2)15-9-8-14(16(21)11-15)12-19-13-18(3,22)17-7-6-10-23-17/h6-12,21-22H,4-5,13H2,1-3H3. The Morgan fingerprint density at radius 2 is 2.00 bits per heavy atom. The molecule has 2 rings (SSSR count). The van der Waals surface area contributed by atoms with Crippen molar-refractivity contribution < 1.29 is 14.6 Å². The number of aliphatic hydroxyl groups is 1. The molecule has 1 aromatic carbocycles. The summed E-state index contributed by atoms with van der Waals surface area (Å²) in [6, 6.07) is 8.96. The van der Waals surface area contributed by atoms with Crippen LogP contribution < -0.4 is 4.90 Å². The summed E-state index contributed by atoms with van der Waals surface area (Å²) in [6.07, 6.45) is 3.09. The summed E-state index contributed by atoms with van der Waals surface area (Å²) < 4.78 is 5.21. The van der Waals surface area contributed by atoms with Crippen LogP contribution in [0.3, 0.4) is 0 Å². The summed E-state index contributed by atoms with van der Waals surface area (Å²) in [5, 5.41) is 20.5. The molecule has 0 saturated carbocycles. The Bertz CT molecular complexity index is 644. The van der Waals surface area contributed by atoms with Crippen molar-refractivity contribution in [2.24, 2.45) is 4.99 Å². The second-order valence-electron chi connectivity index (χ2n) is 5.64. The lowest BCUT2D eigenvalue weighted by atomic mass is 10.0. The molecule has 0 spiro atoms. The molecule has 0 radical (unpaired) electrons. The van der Waals surface area contributed by atoms with Crippen LogP contribution in [0, 0.1) is 0 Å². The van der Waals surface area contributed by atoms with Gasteiger partial charge in [0.15, 0.2) is 0 Å². The van der Waals surface area contributed by atoms with Crippen molar-refractivity contribution in [3.63, 3.8) is 0 Å². The molecule has 1 aromatic heterocycles. The van der Waals surface area contributed by atoms with Crippen LogP contribution in [-0.2, 0) is 5.60 Å². The minimum Gasteiger partial charge on any atom is -0.507 e. The zero-order valence-corrected chi connectivity index (χ0v) is 13.9. The van der Waals surface area contributed by atoms with Crippen LogP contribution in [0.2, 0.25) is 0 Å². The van der Waals surface area contributed by atoms with E-state index in [1.165, 1.54) is 6.26 Å². The molecular formula is C18H24N2O3. The quantitative estimate of drug-likeness (QED) is 0.770. The van der Waals surface area contributed by atoms with Crippen molar-refractivity contribution in [3.8, 4) is 5.75 Å². The lowest BCUT2D eigenvalue weighted by Gasteiger charge is -2.21. The van der Waals surface area contributed by atoms with Crippen molar-refractivity contribution in [3.05, 3.63) is 47.9 Å². The van der Waals surface area contributed by atoms with E-state index < -0.39 is 5.60 Å². The first-order valence-electron chi connectivity index (χ1n) is 7.82. The number of phenols is 1. The summed E-state index contributed by atoms with van der Waals surface area (Å²) in [7, 11) is 0. The molecule has 0 aliphatic carbocycles. The highest BCUT2D eigenvalue weighted by atomic mass is 16.4. The first kappa shape index (κ1) is 17.1. The maximum atomic E-state index is 10.3. The lowest BCUT2D eigenvalue weighted by molar-refractivity contribution is 0.0439. The molecule has 2 aromatic rings. The molecule has 0 fully saturated rings. The maximum absolute atomic E-state index is 10.3. The molecule has 0 aliphatic heterocycles. The molecule has 5 heteroatoms. The monoisotopic (exact) mass is 316 g/mol. The highest BCUT2D eigenvalue weighted by Gasteiger charge is 2.25. The molecule has 23 heavy (non-hydrogen) atoms. The third kappa shape index (κ3) is 4.13. The van der Waals surface area contributed by atoms with E-state index >= 15 is 0 Å². The highest BCUT2D eigenvalue weighted by Crippen LogP contribution is 2.24. The fourth-order valence-corrected chi connectivity index (χ4v) is 2.41. The predicted octanol–water partition coefficient (Wildman–Crippen LogP) is 3.16. The molecule has 124 valence electrons. The van der Waals surface area contributed by atoms with E-state index in [4.69, 9.17) is 4.42 Å². The molecular weight excluding hydrogens is 292 g/mol. The van der Waals surface area contributed by atoms with Crippen LogP contribution in [0.5, 0.6) is 5.75 Å². The Balaban J connectivity index is 2.08. The number of phenolic OH excluding ortho intramolecular Hbond substituents is 1. The Hall–Kier alpha value is -2.27. The molecule has 0 bridgehead atoms. The Labute approximate surface area is 136 Å². The van der Waals surface area contributed by atoms with E-state index in [1.54, 1.807) is 31.3 Å². The smallest absolute Gasteiger partial charge is 0.139 e. The summed E-state index contributed by atoms with van der Waals surface area (Å²) >= 11 is 0. The third-order valence-electron chi connectivity index (χ3n) is 3.82. The molecule has 1 atom stereocenters. The Morgan fingerprint density at radius 1 is 1.26 bits per heavy atom. The van der Waals surface area contributed by atoms with Gasteiger partial charge in [0, 0.05) is 36.6 Å². The van der Waals surface area contributed by atoms with Gasteiger partial charge in [-0.05, 0) is 45.0 Å². The molecule has 0 amide bonds. The van der Waals surface area contributed by atoms with Crippen molar-refractivity contribution in [2.45, 2.75) is 26.4 Å². The van der Waals surface area contributed by atoms with E-state index in [9.17, 15) is 10.2 Å². The van der Waals surface area contributed by atoms with E-state index in [2.05, 4.69) is 23.7 Å². The van der Waals surface area contributed by atoms with Crippen molar-refractivity contribution >= 4 is 11.9 Å². The summed E-state index contributed by atoms with van der Waals surface area (Å²) in [5.41, 5.74) is 0.430.